The van der Waals surface area contributed by atoms with E-state index in [4.69, 9.17) is 44.8 Å². The van der Waals surface area contributed by atoms with Crippen molar-refractivity contribution in [2.24, 2.45) is 23.7 Å². The Bertz CT molecular complexity index is 1660. The number of hydrogen-bond acceptors (Lipinski definition) is 16. The molecule has 1 saturated carbocycles. The number of alkyl halides is 1. The molecule has 62 heavy (non-hydrogen) atoms. The molecule has 8 unspecified atom stereocenters. The molecule has 3 aliphatic heterocycles. The monoisotopic (exact) mass is 898 g/mol. The molecule has 0 amide bonds. The summed E-state index contributed by atoms with van der Waals surface area (Å²) in [4.78, 5) is 30.3. The van der Waals surface area contributed by atoms with Crippen molar-refractivity contribution in [3.05, 3.63) is 35.2 Å². The van der Waals surface area contributed by atoms with E-state index in [1.165, 1.54) is 14.2 Å². The van der Waals surface area contributed by atoms with Crippen LogP contribution in [-0.2, 0) is 55.7 Å². The molecule has 17 nitrogen and oxygen atoms in total. The molecule has 352 valence electrons. The first-order valence-electron chi connectivity index (χ1n) is 22.1. The maximum Gasteiger partial charge on any atom is 0.308 e. The Labute approximate surface area is 371 Å². The van der Waals surface area contributed by atoms with Crippen molar-refractivity contribution in [1.29, 1.82) is 0 Å². The largest absolute Gasteiger partial charge is 0.462 e. The molecule has 0 aromatic carbocycles. The number of rotatable bonds is 16. The third kappa shape index (κ3) is 12.1. The number of allylic oxidation sites excluding steroid dienone is 2. The van der Waals surface area contributed by atoms with E-state index in [-0.39, 0.29) is 18.0 Å². The molecule has 4 heterocycles. The zero-order valence-electron chi connectivity index (χ0n) is 37.7. The first-order chi connectivity index (χ1) is 29.5. The Morgan fingerprint density at radius 1 is 0.952 bits per heavy atom. The summed E-state index contributed by atoms with van der Waals surface area (Å²) < 4.78 is 44.4. The minimum Gasteiger partial charge on any atom is -0.462 e. The maximum absolute atomic E-state index is 14.7. The van der Waals surface area contributed by atoms with Crippen LogP contribution in [0.1, 0.15) is 78.8 Å². The first kappa shape index (κ1) is 50.6. The first-order valence-corrected chi connectivity index (χ1v) is 22.7. The van der Waals surface area contributed by atoms with Gasteiger partial charge >= 0.3 is 5.97 Å². The lowest BCUT2D eigenvalue weighted by Gasteiger charge is -2.46. The van der Waals surface area contributed by atoms with Gasteiger partial charge < -0.3 is 58.5 Å². The molecule has 5 rings (SSSR count). The molecule has 1 aliphatic carbocycles. The molecule has 1 aromatic rings. The Hall–Kier alpha value is -2.39. The van der Waals surface area contributed by atoms with Gasteiger partial charge in [-0.3, -0.25) is 14.3 Å². The number of ether oxygens (including phenoxy) is 7. The third-order valence-electron chi connectivity index (χ3n) is 13.0. The minimum atomic E-state index is -1.45. The van der Waals surface area contributed by atoms with Crippen LogP contribution in [0.2, 0.25) is 0 Å². The van der Waals surface area contributed by atoms with Crippen molar-refractivity contribution in [2.75, 3.05) is 40.8 Å². The Balaban J connectivity index is 1.54. The number of aromatic nitrogens is 3. The fourth-order valence-electron chi connectivity index (χ4n) is 9.57. The lowest BCUT2D eigenvalue weighted by Crippen LogP contribution is -2.63. The summed E-state index contributed by atoms with van der Waals surface area (Å²) in [6, 6.07) is -0.745. The summed E-state index contributed by atoms with van der Waals surface area (Å²) in [5.74, 6) is -2.82. The molecule has 18 heteroatoms. The predicted octanol–water partition coefficient (Wildman–Crippen LogP) is 2.58. The highest BCUT2D eigenvalue weighted by atomic mass is 35.5. The number of cyclic esters (lactones) is 1. The highest BCUT2D eigenvalue weighted by Crippen LogP contribution is 2.42. The van der Waals surface area contributed by atoms with Gasteiger partial charge in [-0.15, -0.1) is 16.7 Å². The van der Waals surface area contributed by atoms with E-state index in [0.29, 0.717) is 37.3 Å². The summed E-state index contributed by atoms with van der Waals surface area (Å²) in [6.07, 6.45) is -2.57. The smallest absolute Gasteiger partial charge is 0.308 e. The third-order valence-corrected chi connectivity index (χ3v) is 13.2. The summed E-state index contributed by atoms with van der Waals surface area (Å²) in [7, 11) is 6.46. The maximum atomic E-state index is 14.7. The van der Waals surface area contributed by atoms with Crippen LogP contribution in [0.5, 0.6) is 0 Å². The van der Waals surface area contributed by atoms with E-state index >= 15 is 0 Å². The molecule has 2 saturated heterocycles. The quantitative estimate of drug-likeness (QED) is 0.107. The molecular weight excluding hydrogens is 828 g/mol. The van der Waals surface area contributed by atoms with E-state index in [1.54, 1.807) is 43.6 Å². The molecule has 0 radical (unpaired) electrons. The van der Waals surface area contributed by atoms with Crippen LogP contribution in [-0.4, -0.2) is 173 Å². The van der Waals surface area contributed by atoms with Crippen molar-refractivity contribution in [3.8, 4) is 0 Å². The van der Waals surface area contributed by atoms with Crippen LogP contribution in [0.25, 0.3) is 0 Å². The van der Waals surface area contributed by atoms with Crippen LogP contribution < -0.4 is 0 Å². The normalized spacial score (nSPS) is 40.4. The van der Waals surface area contributed by atoms with Gasteiger partial charge in [-0.25, -0.2) is 0 Å². The summed E-state index contributed by atoms with van der Waals surface area (Å²) in [6.45, 7) is 9.42. The number of aliphatic hydroxyl groups is 4. The van der Waals surface area contributed by atoms with E-state index < -0.39 is 116 Å². The molecule has 0 spiro atoms. The van der Waals surface area contributed by atoms with E-state index in [1.807, 2.05) is 33.0 Å². The number of fused-ring (bicyclic) bond motifs is 1. The van der Waals surface area contributed by atoms with Gasteiger partial charge in [0.1, 0.15) is 30.5 Å². The number of hydrogen-bond donors (Lipinski definition) is 4. The van der Waals surface area contributed by atoms with Crippen LogP contribution in [0, 0.1) is 23.7 Å². The summed E-state index contributed by atoms with van der Waals surface area (Å²) in [5, 5.41) is 54.4. The molecule has 4 N–H and O–H groups in total. The lowest BCUT2D eigenvalue weighted by atomic mass is 9.79. The van der Waals surface area contributed by atoms with Gasteiger partial charge in [0, 0.05) is 56.2 Å². The Kier molecular flexibility index (Phi) is 18.9. The van der Waals surface area contributed by atoms with Gasteiger partial charge in [-0.05, 0) is 79.3 Å². The Morgan fingerprint density at radius 2 is 1.65 bits per heavy atom. The molecule has 1 aromatic heterocycles. The fourth-order valence-corrected chi connectivity index (χ4v) is 9.75. The van der Waals surface area contributed by atoms with Crippen molar-refractivity contribution in [1.82, 2.24) is 19.9 Å². The second kappa shape index (κ2) is 23.2. The van der Waals surface area contributed by atoms with E-state index in [0.717, 1.165) is 25.0 Å². The molecule has 17 atom stereocenters. The van der Waals surface area contributed by atoms with Crippen molar-refractivity contribution in [3.63, 3.8) is 0 Å². The SMILES string of the molecule is CC[C@H]1OC(=O)C[C@@H](O)[C@@H]2/C(=C\C(C)=C\[C@@H]1COC1OC(C)C(O)C(OC)C1OC)C(=O)[C@H](C)C[C@H](CCn1cc(CCCCCl)nn1)[C@@H]2O[C@@H]1O[C@H](C)C(O)C(N(C)C)C1O. The van der Waals surface area contributed by atoms with Gasteiger partial charge in [-0.1, -0.05) is 36.8 Å². The second-order valence-electron chi connectivity index (χ2n) is 17.8. The van der Waals surface area contributed by atoms with E-state index in [2.05, 4.69) is 10.3 Å². The predicted molar refractivity (Wildman–Crippen MR) is 227 cm³/mol. The average Bonchev–Trinajstić information content (AvgIpc) is 3.65. The van der Waals surface area contributed by atoms with Crippen molar-refractivity contribution < 1.29 is 63.2 Å². The standard InChI is InChI=1S/C44H71ClN4O13/c1-10-32-28(22-58-44-42(57-9)41(56-8)38(54)26(5)60-44)17-23(2)18-30-34(31(50)20-33(51)61-32)40(62-43-39(55)35(48(6)7)37(53)25(4)59-43)27(19-24(3)36(30)52)14-16-49-21-29(46-47-49)13-11-12-15-45/h17-18,21,24-28,31-32,34-35,37-44,50,53-55H,10-16,19-20,22H2,1-9H3/b23-17+,30-18+/t24-,25-,26?,27+,28-,31-,32-,34+,35?,37?,38?,39?,40+,41?,42?,43+,44?/m1/s1. The number of aryl methyl sites for hydroxylation is 2. The van der Waals surface area contributed by atoms with Crippen molar-refractivity contribution >= 4 is 23.4 Å². The van der Waals surface area contributed by atoms with Crippen LogP contribution in [0.3, 0.4) is 0 Å². The fraction of sp³-hybridized carbons (Fsp3) is 0.818. The second-order valence-corrected chi connectivity index (χ2v) is 18.1. The van der Waals surface area contributed by atoms with Crippen LogP contribution in [0.15, 0.2) is 29.5 Å². The molecule has 0 bridgehead atoms. The summed E-state index contributed by atoms with van der Waals surface area (Å²) in [5.41, 5.74) is 1.78. The number of esters is 1. The zero-order valence-corrected chi connectivity index (χ0v) is 38.5. The number of Topliss-reactive ketones (excluding diaryl/α,β-unsaturated/α-hetero) is 1. The molecule has 3 fully saturated rings. The highest BCUT2D eigenvalue weighted by Gasteiger charge is 2.51. The topological polar surface area (TPSA) is 214 Å². The molecule has 4 aliphatic rings. The molecular formula is C44H71ClN4O13. The number of methoxy groups -OCH3 is 2. The number of aliphatic hydroxyl groups excluding tert-OH is 4. The number of nitrogens with zero attached hydrogens (tertiary/aromatic N) is 4. The van der Waals surface area contributed by atoms with Crippen LogP contribution >= 0.6 is 11.6 Å². The highest BCUT2D eigenvalue weighted by molar-refractivity contribution is 6.17. The van der Waals surface area contributed by atoms with Gasteiger partial charge in [-0.2, -0.15) is 0 Å². The number of carbonyl (C=O) groups is 2. The van der Waals surface area contributed by atoms with Gasteiger partial charge in [0.2, 0.25) is 0 Å². The van der Waals surface area contributed by atoms with Crippen molar-refractivity contribution in [2.45, 2.75) is 166 Å². The summed E-state index contributed by atoms with van der Waals surface area (Å²) >= 11 is 5.89. The van der Waals surface area contributed by atoms with Gasteiger partial charge in [0.05, 0.1) is 55.3 Å². The number of halogens is 1. The number of likely N-dealkylation sites (N-methyl/N-ethyl adjacent to an activating group) is 1. The number of carbonyl (C=O) groups excluding carboxylic acids is 2. The van der Waals surface area contributed by atoms with Gasteiger partial charge in [0.25, 0.3) is 0 Å². The van der Waals surface area contributed by atoms with Gasteiger partial charge in [0.15, 0.2) is 18.4 Å². The lowest BCUT2D eigenvalue weighted by molar-refractivity contribution is -0.304. The van der Waals surface area contributed by atoms with Crippen LogP contribution in [0.4, 0.5) is 0 Å². The Morgan fingerprint density at radius 3 is 2.31 bits per heavy atom. The average molecular weight is 900 g/mol. The minimum absolute atomic E-state index is 0.0188. The zero-order chi connectivity index (χ0) is 45.4. The van der Waals surface area contributed by atoms with E-state index in [9.17, 15) is 30.0 Å². The number of ketones is 1. The number of unbranched alkanes of at least 4 members (excludes halogenated alkanes) is 1.